The summed E-state index contributed by atoms with van der Waals surface area (Å²) in [6, 6.07) is 10.6. The first kappa shape index (κ1) is 20.5. The highest BCUT2D eigenvalue weighted by Gasteiger charge is 2.27. The molecule has 3 rings (SSSR count). The lowest BCUT2D eigenvalue weighted by Crippen LogP contribution is -2.32. The van der Waals surface area contributed by atoms with E-state index >= 15 is 0 Å². The fourth-order valence-corrected chi connectivity index (χ4v) is 4.84. The number of carbonyl (C=O) groups is 1. The molecule has 0 bridgehead atoms. The third kappa shape index (κ3) is 4.59. The molecule has 1 N–H and O–H groups in total. The van der Waals surface area contributed by atoms with Crippen LogP contribution in [-0.2, 0) is 16.4 Å². The number of benzene rings is 2. The largest absolute Gasteiger partial charge is 0.322 e. The topological polar surface area (TPSA) is 66.5 Å². The average Bonchev–Trinajstić information content (AvgIpc) is 2.99. The minimum Gasteiger partial charge on any atom is -0.322 e. The molecule has 5 nitrogen and oxygen atoms in total. The molecule has 0 radical (unpaired) electrons. The molecule has 1 saturated heterocycles. The SMILES string of the molecule is CCc1ccc(NC(=O)c2cc(S(=O)(=O)N3CCCCCC3)ccc2F)cc1. The van der Waals surface area contributed by atoms with Gasteiger partial charge in [0, 0.05) is 18.8 Å². The maximum absolute atomic E-state index is 14.3. The fraction of sp³-hybridized carbons (Fsp3) is 0.381. The summed E-state index contributed by atoms with van der Waals surface area (Å²) in [5.74, 6) is -1.42. The number of carbonyl (C=O) groups excluding carboxylic acids is 1. The van der Waals surface area contributed by atoms with Gasteiger partial charge in [-0.15, -0.1) is 0 Å². The predicted octanol–water partition coefficient (Wildman–Crippen LogP) is 4.21. The average molecular weight is 405 g/mol. The smallest absolute Gasteiger partial charge is 0.258 e. The Morgan fingerprint density at radius 1 is 1.04 bits per heavy atom. The van der Waals surface area contributed by atoms with E-state index in [1.807, 2.05) is 19.1 Å². The molecule has 0 aliphatic carbocycles. The van der Waals surface area contributed by atoms with E-state index in [0.29, 0.717) is 18.8 Å². The van der Waals surface area contributed by atoms with Crippen LogP contribution in [0.5, 0.6) is 0 Å². The van der Waals surface area contributed by atoms with Crippen molar-refractivity contribution >= 4 is 21.6 Å². The number of sulfonamides is 1. The van der Waals surface area contributed by atoms with Crippen LogP contribution in [0.1, 0.15) is 48.5 Å². The molecule has 7 heteroatoms. The van der Waals surface area contributed by atoms with Gasteiger partial charge in [-0.2, -0.15) is 4.31 Å². The zero-order valence-corrected chi connectivity index (χ0v) is 16.8. The number of hydrogen-bond donors (Lipinski definition) is 1. The van der Waals surface area contributed by atoms with Crippen LogP contribution >= 0.6 is 0 Å². The van der Waals surface area contributed by atoms with Crippen LogP contribution in [0.4, 0.5) is 10.1 Å². The van der Waals surface area contributed by atoms with E-state index in [1.165, 1.54) is 10.4 Å². The second kappa shape index (κ2) is 8.84. The predicted molar refractivity (Wildman–Crippen MR) is 107 cm³/mol. The van der Waals surface area contributed by atoms with Crippen molar-refractivity contribution in [3.05, 3.63) is 59.4 Å². The Bertz CT molecular complexity index is 935. The van der Waals surface area contributed by atoms with Gasteiger partial charge in [0.2, 0.25) is 10.0 Å². The molecule has 2 aromatic rings. The van der Waals surface area contributed by atoms with E-state index in [4.69, 9.17) is 0 Å². The summed E-state index contributed by atoms with van der Waals surface area (Å²) in [4.78, 5) is 12.5. The summed E-state index contributed by atoms with van der Waals surface area (Å²) in [5.41, 5.74) is 1.37. The molecule has 0 atom stereocenters. The molecule has 0 aromatic heterocycles. The standard InChI is InChI=1S/C21H25FN2O3S/c1-2-16-7-9-17(10-8-16)23-21(25)19-15-18(11-12-20(19)22)28(26,27)24-13-5-3-4-6-14-24/h7-12,15H,2-6,13-14H2,1H3,(H,23,25). The molecule has 0 spiro atoms. The lowest BCUT2D eigenvalue weighted by molar-refractivity contribution is 0.102. The van der Waals surface area contributed by atoms with Gasteiger partial charge in [0.05, 0.1) is 10.5 Å². The number of hydrogen-bond acceptors (Lipinski definition) is 3. The molecule has 0 saturated carbocycles. The Balaban J connectivity index is 1.84. The summed E-state index contributed by atoms with van der Waals surface area (Å²) in [5, 5.41) is 2.63. The molecule has 1 aliphatic heterocycles. The molecule has 150 valence electrons. The summed E-state index contributed by atoms with van der Waals surface area (Å²) < 4.78 is 41.6. The van der Waals surface area contributed by atoms with Crippen molar-refractivity contribution in [3.8, 4) is 0 Å². The minimum atomic E-state index is -3.75. The Morgan fingerprint density at radius 2 is 1.68 bits per heavy atom. The van der Waals surface area contributed by atoms with Gasteiger partial charge in [-0.1, -0.05) is 31.9 Å². The van der Waals surface area contributed by atoms with Crippen molar-refractivity contribution < 1.29 is 17.6 Å². The van der Waals surface area contributed by atoms with Crippen molar-refractivity contribution in [2.45, 2.75) is 43.9 Å². The first-order valence-corrected chi connectivity index (χ1v) is 11.1. The third-order valence-corrected chi connectivity index (χ3v) is 6.90. The van der Waals surface area contributed by atoms with Crippen LogP contribution < -0.4 is 5.32 Å². The maximum atomic E-state index is 14.3. The van der Waals surface area contributed by atoms with E-state index < -0.39 is 21.7 Å². The van der Waals surface area contributed by atoms with Crippen LogP contribution in [0.2, 0.25) is 0 Å². The van der Waals surface area contributed by atoms with Crippen LogP contribution in [0.15, 0.2) is 47.4 Å². The van der Waals surface area contributed by atoms with Gasteiger partial charge in [-0.25, -0.2) is 12.8 Å². The number of halogens is 1. The monoisotopic (exact) mass is 404 g/mol. The molecule has 28 heavy (non-hydrogen) atoms. The van der Waals surface area contributed by atoms with Gasteiger partial charge in [0.1, 0.15) is 5.82 Å². The van der Waals surface area contributed by atoms with Gasteiger partial charge < -0.3 is 5.32 Å². The highest BCUT2D eigenvalue weighted by atomic mass is 32.2. The number of amides is 1. The number of rotatable bonds is 5. The highest BCUT2D eigenvalue weighted by Crippen LogP contribution is 2.23. The Kier molecular flexibility index (Phi) is 6.46. The molecule has 1 heterocycles. The first-order valence-electron chi connectivity index (χ1n) is 9.62. The summed E-state index contributed by atoms with van der Waals surface area (Å²) in [6.45, 7) is 2.93. The maximum Gasteiger partial charge on any atom is 0.258 e. The third-order valence-electron chi connectivity index (χ3n) is 5.01. The molecular weight excluding hydrogens is 379 g/mol. The Hall–Kier alpha value is -2.25. The Morgan fingerprint density at radius 3 is 2.29 bits per heavy atom. The van der Waals surface area contributed by atoms with Crippen LogP contribution in [0.3, 0.4) is 0 Å². The van der Waals surface area contributed by atoms with Gasteiger partial charge in [0.25, 0.3) is 5.91 Å². The van der Waals surface area contributed by atoms with E-state index in [1.54, 1.807) is 12.1 Å². The first-order chi connectivity index (χ1) is 13.4. The summed E-state index contributed by atoms with van der Waals surface area (Å²) >= 11 is 0. The van der Waals surface area contributed by atoms with Crippen molar-refractivity contribution in [2.24, 2.45) is 0 Å². The van der Waals surface area contributed by atoms with Gasteiger partial charge >= 0.3 is 0 Å². The summed E-state index contributed by atoms with van der Waals surface area (Å²) in [6.07, 6.45) is 4.49. The molecule has 1 fully saturated rings. The van der Waals surface area contributed by atoms with Crippen molar-refractivity contribution in [1.82, 2.24) is 4.31 Å². The minimum absolute atomic E-state index is 0.0534. The summed E-state index contributed by atoms with van der Waals surface area (Å²) in [7, 11) is -3.75. The van der Waals surface area contributed by atoms with Crippen molar-refractivity contribution in [2.75, 3.05) is 18.4 Å². The number of nitrogens with zero attached hydrogens (tertiary/aromatic N) is 1. The molecule has 1 amide bonds. The van der Waals surface area contributed by atoms with Gasteiger partial charge in [0.15, 0.2) is 0 Å². The second-order valence-electron chi connectivity index (χ2n) is 6.96. The Labute approximate surface area is 165 Å². The molecule has 1 aliphatic rings. The van der Waals surface area contributed by atoms with E-state index in [2.05, 4.69) is 5.32 Å². The van der Waals surface area contributed by atoms with Crippen molar-refractivity contribution in [3.63, 3.8) is 0 Å². The van der Waals surface area contributed by atoms with E-state index in [-0.39, 0.29) is 10.5 Å². The number of nitrogens with one attached hydrogen (secondary N) is 1. The van der Waals surface area contributed by atoms with Gasteiger partial charge in [-0.05, 0) is 55.2 Å². The number of anilines is 1. The van der Waals surface area contributed by atoms with Gasteiger partial charge in [-0.3, -0.25) is 4.79 Å². The molecular formula is C21H25FN2O3S. The highest BCUT2D eigenvalue weighted by molar-refractivity contribution is 7.89. The fourth-order valence-electron chi connectivity index (χ4n) is 3.29. The van der Waals surface area contributed by atoms with E-state index in [0.717, 1.165) is 49.8 Å². The lowest BCUT2D eigenvalue weighted by Gasteiger charge is -2.20. The van der Waals surface area contributed by atoms with Crippen LogP contribution in [-0.4, -0.2) is 31.7 Å². The van der Waals surface area contributed by atoms with Crippen LogP contribution in [0.25, 0.3) is 0 Å². The zero-order valence-electron chi connectivity index (χ0n) is 15.9. The quantitative estimate of drug-likeness (QED) is 0.812. The zero-order chi connectivity index (χ0) is 20.1. The molecule has 2 aromatic carbocycles. The number of aryl methyl sites for hydroxylation is 1. The second-order valence-corrected chi connectivity index (χ2v) is 8.90. The van der Waals surface area contributed by atoms with Crippen LogP contribution in [0, 0.1) is 5.82 Å². The van der Waals surface area contributed by atoms with E-state index in [9.17, 15) is 17.6 Å². The normalized spacial score (nSPS) is 15.8. The lowest BCUT2D eigenvalue weighted by atomic mass is 10.1. The van der Waals surface area contributed by atoms with Crippen molar-refractivity contribution in [1.29, 1.82) is 0 Å². The molecule has 0 unspecified atom stereocenters.